The van der Waals surface area contributed by atoms with Crippen LogP contribution in [-0.2, 0) is 0 Å². The Labute approximate surface area is 119 Å². The molecule has 2 aromatic heterocycles. The van der Waals surface area contributed by atoms with Gasteiger partial charge in [0.2, 0.25) is 5.28 Å². The summed E-state index contributed by atoms with van der Waals surface area (Å²) in [5.74, 6) is 0.288. The lowest BCUT2D eigenvalue weighted by Crippen LogP contribution is -2.09. The van der Waals surface area contributed by atoms with Crippen LogP contribution in [0.3, 0.4) is 0 Å². The highest BCUT2D eigenvalue weighted by Gasteiger charge is 2.12. The second kappa shape index (κ2) is 5.05. The SMILES string of the molecule is CC(Nc1nc(Cl)nc2[nH]ncc12)c1cccc(F)c1. The van der Waals surface area contributed by atoms with Gasteiger partial charge in [-0.2, -0.15) is 15.1 Å². The van der Waals surface area contributed by atoms with Crippen molar-refractivity contribution in [3.05, 3.63) is 47.1 Å². The topological polar surface area (TPSA) is 66.5 Å². The van der Waals surface area contributed by atoms with Crippen LogP contribution >= 0.6 is 11.6 Å². The molecule has 3 rings (SSSR count). The Balaban J connectivity index is 1.94. The van der Waals surface area contributed by atoms with Crippen LogP contribution in [0, 0.1) is 5.82 Å². The monoisotopic (exact) mass is 291 g/mol. The molecular weight excluding hydrogens is 281 g/mol. The Morgan fingerprint density at radius 2 is 2.20 bits per heavy atom. The average molecular weight is 292 g/mol. The molecule has 0 saturated heterocycles. The molecule has 7 heteroatoms. The van der Waals surface area contributed by atoms with Gasteiger partial charge in [0.25, 0.3) is 0 Å². The molecule has 0 radical (unpaired) electrons. The molecule has 0 amide bonds. The maximum Gasteiger partial charge on any atom is 0.226 e. The highest BCUT2D eigenvalue weighted by atomic mass is 35.5. The second-order valence-electron chi connectivity index (χ2n) is 4.39. The lowest BCUT2D eigenvalue weighted by molar-refractivity contribution is 0.623. The third kappa shape index (κ3) is 2.42. The Morgan fingerprint density at radius 1 is 1.35 bits per heavy atom. The summed E-state index contributed by atoms with van der Waals surface area (Å²) in [6.07, 6.45) is 1.62. The molecule has 2 heterocycles. The Kier molecular flexibility index (Phi) is 3.23. The van der Waals surface area contributed by atoms with Crippen LogP contribution in [0.25, 0.3) is 11.0 Å². The van der Waals surface area contributed by atoms with E-state index in [9.17, 15) is 4.39 Å². The minimum atomic E-state index is -0.273. The van der Waals surface area contributed by atoms with Gasteiger partial charge in [-0.15, -0.1) is 0 Å². The van der Waals surface area contributed by atoms with Crippen LogP contribution < -0.4 is 5.32 Å². The normalized spacial score (nSPS) is 12.6. The molecule has 1 atom stereocenters. The van der Waals surface area contributed by atoms with Crippen molar-refractivity contribution in [3.8, 4) is 0 Å². The average Bonchev–Trinajstić information content (AvgIpc) is 2.86. The maximum atomic E-state index is 13.2. The number of nitrogens with zero attached hydrogens (tertiary/aromatic N) is 3. The molecular formula is C13H11ClFN5. The van der Waals surface area contributed by atoms with Gasteiger partial charge in [0.1, 0.15) is 11.6 Å². The summed E-state index contributed by atoms with van der Waals surface area (Å²) in [5, 5.41) is 10.7. The van der Waals surface area contributed by atoms with Gasteiger partial charge in [-0.3, -0.25) is 5.10 Å². The van der Waals surface area contributed by atoms with E-state index in [1.807, 2.05) is 13.0 Å². The van der Waals surface area contributed by atoms with E-state index in [0.717, 1.165) is 10.9 Å². The van der Waals surface area contributed by atoms with Crippen LogP contribution in [0.1, 0.15) is 18.5 Å². The molecule has 102 valence electrons. The van der Waals surface area contributed by atoms with Crippen molar-refractivity contribution < 1.29 is 4.39 Å². The summed E-state index contributed by atoms with van der Waals surface area (Å²) in [4.78, 5) is 8.18. The quantitative estimate of drug-likeness (QED) is 0.727. The Bertz CT molecular complexity index is 757. The summed E-state index contributed by atoms with van der Waals surface area (Å²) in [6.45, 7) is 1.91. The van der Waals surface area contributed by atoms with E-state index in [1.165, 1.54) is 12.1 Å². The second-order valence-corrected chi connectivity index (χ2v) is 4.73. The third-order valence-electron chi connectivity index (χ3n) is 2.98. The molecule has 0 spiro atoms. The summed E-state index contributed by atoms with van der Waals surface area (Å²) >= 11 is 5.87. The van der Waals surface area contributed by atoms with Gasteiger partial charge >= 0.3 is 0 Å². The highest BCUT2D eigenvalue weighted by molar-refractivity contribution is 6.28. The summed E-state index contributed by atoms with van der Waals surface area (Å²) in [5.41, 5.74) is 1.37. The van der Waals surface area contributed by atoms with E-state index in [0.29, 0.717) is 11.5 Å². The number of aromatic nitrogens is 4. The molecule has 0 fully saturated rings. The Hall–Kier alpha value is -2.21. The fraction of sp³-hybridized carbons (Fsp3) is 0.154. The predicted molar refractivity (Wildman–Crippen MR) is 75.1 cm³/mol. The zero-order valence-corrected chi connectivity index (χ0v) is 11.3. The van der Waals surface area contributed by atoms with Gasteiger partial charge in [0.05, 0.1) is 17.6 Å². The third-order valence-corrected chi connectivity index (χ3v) is 3.15. The van der Waals surface area contributed by atoms with Crippen LogP contribution in [0.4, 0.5) is 10.2 Å². The summed E-state index contributed by atoms with van der Waals surface area (Å²) < 4.78 is 13.2. The molecule has 0 bridgehead atoms. The van der Waals surface area contributed by atoms with E-state index in [4.69, 9.17) is 11.6 Å². The molecule has 0 saturated carbocycles. The number of hydrogen-bond acceptors (Lipinski definition) is 4. The van der Waals surface area contributed by atoms with Crippen molar-refractivity contribution in [1.29, 1.82) is 0 Å². The largest absolute Gasteiger partial charge is 0.363 e. The lowest BCUT2D eigenvalue weighted by atomic mass is 10.1. The van der Waals surface area contributed by atoms with E-state index in [-0.39, 0.29) is 17.1 Å². The van der Waals surface area contributed by atoms with Crippen molar-refractivity contribution in [1.82, 2.24) is 20.2 Å². The molecule has 1 unspecified atom stereocenters. The van der Waals surface area contributed by atoms with E-state index in [1.54, 1.807) is 12.3 Å². The molecule has 2 N–H and O–H groups in total. The number of fused-ring (bicyclic) bond motifs is 1. The minimum Gasteiger partial charge on any atom is -0.363 e. The first kappa shape index (κ1) is 12.8. The Morgan fingerprint density at radius 3 is 3.00 bits per heavy atom. The van der Waals surface area contributed by atoms with Gasteiger partial charge < -0.3 is 5.32 Å². The van der Waals surface area contributed by atoms with Gasteiger partial charge in [0, 0.05) is 0 Å². The van der Waals surface area contributed by atoms with Gasteiger partial charge in [0.15, 0.2) is 5.65 Å². The smallest absolute Gasteiger partial charge is 0.226 e. The zero-order chi connectivity index (χ0) is 14.1. The number of nitrogens with one attached hydrogen (secondary N) is 2. The van der Waals surface area contributed by atoms with Crippen molar-refractivity contribution in [2.45, 2.75) is 13.0 Å². The van der Waals surface area contributed by atoms with Gasteiger partial charge in [-0.25, -0.2) is 4.39 Å². The maximum absolute atomic E-state index is 13.2. The number of anilines is 1. The van der Waals surface area contributed by atoms with E-state index < -0.39 is 0 Å². The van der Waals surface area contributed by atoms with Gasteiger partial charge in [-0.05, 0) is 36.2 Å². The highest BCUT2D eigenvalue weighted by Crippen LogP contribution is 2.24. The van der Waals surface area contributed by atoms with Crippen LogP contribution in [0.5, 0.6) is 0 Å². The lowest BCUT2D eigenvalue weighted by Gasteiger charge is -2.15. The molecule has 5 nitrogen and oxygen atoms in total. The molecule has 20 heavy (non-hydrogen) atoms. The first-order valence-electron chi connectivity index (χ1n) is 6.02. The minimum absolute atomic E-state index is 0.121. The van der Waals surface area contributed by atoms with E-state index >= 15 is 0 Å². The fourth-order valence-corrected chi connectivity index (χ4v) is 2.15. The first-order valence-corrected chi connectivity index (χ1v) is 6.40. The molecule has 0 aliphatic carbocycles. The number of aromatic amines is 1. The standard InChI is InChI=1S/C13H11ClFN5/c1-7(8-3-2-4-9(15)5-8)17-11-10-6-16-20-12(10)19-13(14)18-11/h2-7H,1H3,(H2,16,17,18,19,20). The first-order chi connectivity index (χ1) is 9.63. The molecule has 3 aromatic rings. The predicted octanol–water partition coefficient (Wildman–Crippen LogP) is 3.32. The zero-order valence-electron chi connectivity index (χ0n) is 10.6. The number of rotatable bonds is 3. The van der Waals surface area contributed by atoms with Crippen LogP contribution in [0.2, 0.25) is 5.28 Å². The molecule has 1 aromatic carbocycles. The number of hydrogen-bond donors (Lipinski definition) is 2. The number of halogens is 2. The summed E-state index contributed by atoms with van der Waals surface area (Å²) in [6, 6.07) is 6.27. The number of H-pyrrole nitrogens is 1. The van der Waals surface area contributed by atoms with Crippen molar-refractivity contribution in [2.24, 2.45) is 0 Å². The van der Waals surface area contributed by atoms with Crippen molar-refractivity contribution in [2.75, 3.05) is 5.32 Å². The van der Waals surface area contributed by atoms with Crippen LogP contribution in [-0.4, -0.2) is 20.2 Å². The van der Waals surface area contributed by atoms with Crippen molar-refractivity contribution in [3.63, 3.8) is 0 Å². The van der Waals surface area contributed by atoms with Crippen LogP contribution in [0.15, 0.2) is 30.5 Å². The van der Waals surface area contributed by atoms with Gasteiger partial charge in [-0.1, -0.05) is 12.1 Å². The molecule has 0 aliphatic heterocycles. The molecule has 0 aliphatic rings. The fourth-order valence-electron chi connectivity index (χ4n) is 1.98. The van der Waals surface area contributed by atoms with Crippen molar-refractivity contribution >= 4 is 28.5 Å². The summed E-state index contributed by atoms with van der Waals surface area (Å²) in [7, 11) is 0. The number of benzene rings is 1. The van der Waals surface area contributed by atoms with E-state index in [2.05, 4.69) is 25.5 Å².